The van der Waals surface area contributed by atoms with Gasteiger partial charge in [-0.3, -0.25) is 9.59 Å². The Balaban J connectivity index is 2.22. The number of amides is 1. The fourth-order valence-electron chi connectivity index (χ4n) is 2.27. The summed E-state index contributed by atoms with van der Waals surface area (Å²) in [6.07, 6.45) is -0.168. The van der Waals surface area contributed by atoms with Crippen LogP contribution in [0.2, 0.25) is 0 Å². The molecule has 0 saturated carbocycles. The van der Waals surface area contributed by atoms with E-state index in [0.717, 1.165) is 5.56 Å². The Morgan fingerprint density at radius 3 is 2.85 bits per heavy atom. The highest BCUT2D eigenvalue weighted by molar-refractivity contribution is 5.97. The van der Waals surface area contributed by atoms with Crippen molar-refractivity contribution >= 4 is 11.9 Å². The summed E-state index contributed by atoms with van der Waals surface area (Å²) >= 11 is 0. The normalized spacial score (nSPS) is 18.9. The summed E-state index contributed by atoms with van der Waals surface area (Å²) in [5.41, 5.74) is 1.04. The minimum absolute atomic E-state index is 0.0874. The second kappa shape index (κ2) is 5.92. The van der Waals surface area contributed by atoms with Crippen LogP contribution in [0.5, 0.6) is 5.75 Å². The van der Waals surface area contributed by atoms with Crippen LogP contribution in [0.25, 0.3) is 0 Å². The number of phenolic OH excluding ortho intramolecular Hbond substituents is 1. The molecule has 108 valence electrons. The van der Waals surface area contributed by atoms with Crippen LogP contribution in [0, 0.1) is 6.92 Å². The number of morpholine rings is 1. The minimum atomic E-state index is -0.980. The number of aromatic hydroxyl groups is 1. The number of carboxylic acids is 1. The molecule has 0 aliphatic carbocycles. The molecule has 2 rings (SSSR count). The first kappa shape index (κ1) is 14.3. The van der Waals surface area contributed by atoms with Gasteiger partial charge in [0.15, 0.2) is 0 Å². The zero-order valence-corrected chi connectivity index (χ0v) is 11.2. The molecule has 1 amide bonds. The first-order valence-corrected chi connectivity index (χ1v) is 6.39. The van der Waals surface area contributed by atoms with Gasteiger partial charge in [0.1, 0.15) is 5.75 Å². The van der Waals surface area contributed by atoms with E-state index in [1.54, 1.807) is 12.1 Å². The minimum Gasteiger partial charge on any atom is -0.507 e. The number of rotatable bonds is 3. The van der Waals surface area contributed by atoms with E-state index >= 15 is 0 Å². The van der Waals surface area contributed by atoms with Crippen molar-refractivity contribution in [3.63, 3.8) is 0 Å². The summed E-state index contributed by atoms with van der Waals surface area (Å²) in [5.74, 6) is -1.43. The van der Waals surface area contributed by atoms with Crippen LogP contribution < -0.4 is 0 Å². The van der Waals surface area contributed by atoms with Crippen LogP contribution in [0.3, 0.4) is 0 Å². The average molecular weight is 279 g/mol. The Labute approximate surface area is 116 Å². The number of aryl methyl sites for hydroxylation is 1. The van der Waals surface area contributed by atoms with Crippen LogP contribution >= 0.6 is 0 Å². The highest BCUT2D eigenvalue weighted by atomic mass is 16.5. The highest BCUT2D eigenvalue weighted by Gasteiger charge is 2.30. The zero-order valence-electron chi connectivity index (χ0n) is 11.2. The lowest BCUT2D eigenvalue weighted by Crippen LogP contribution is -2.49. The molecule has 1 saturated heterocycles. The summed E-state index contributed by atoms with van der Waals surface area (Å²) < 4.78 is 5.23. The van der Waals surface area contributed by atoms with Gasteiger partial charge in [-0.25, -0.2) is 0 Å². The van der Waals surface area contributed by atoms with Gasteiger partial charge in [0, 0.05) is 6.54 Å². The summed E-state index contributed by atoms with van der Waals surface area (Å²) in [4.78, 5) is 24.7. The Kier molecular flexibility index (Phi) is 4.24. The van der Waals surface area contributed by atoms with Crippen LogP contribution in [-0.2, 0) is 9.53 Å². The number of nitrogens with zero attached hydrogens (tertiary/aromatic N) is 1. The van der Waals surface area contributed by atoms with E-state index in [9.17, 15) is 14.7 Å². The molecule has 1 aromatic carbocycles. The maximum absolute atomic E-state index is 12.4. The van der Waals surface area contributed by atoms with Crippen molar-refractivity contribution < 1.29 is 24.5 Å². The molecule has 0 spiro atoms. The second-order valence-electron chi connectivity index (χ2n) is 4.85. The monoisotopic (exact) mass is 279 g/mol. The number of ether oxygens (including phenoxy) is 1. The van der Waals surface area contributed by atoms with Crippen LogP contribution in [0.1, 0.15) is 22.3 Å². The van der Waals surface area contributed by atoms with Crippen LogP contribution in [0.4, 0.5) is 0 Å². The molecule has 0 radical (unpaired) electrons. The number of phenols is 1. The van der Waals surface area contributed by atoms with Gasteiger partial charge in [-0.1, -0.05) is 6.07 Å². The van der Waals surface area contributed by atoms with E-state index < -0.39 is 12.0 Å². The van der Waals surface area contributed by atoms with E-state index in [4.69, 9.17) is 9.84 Å². The van der Waals surface area contributed by atoms with Crippen molar-refractivity contribution in [2.75, 3.05) is 19.8 Å². The number of carbonyl (C=O) groups is 2. The molecule has 2 N–H and O–H groups in total. The van der Waals surface area contributed by atoms with E-state index in [2.05, 4.69) is 0 Å². The molecule has 1 aliphatic heterocycles. The predicted molar refractivity (Wildman–Crippen MR) is 70.7 cm³/mol. The maximum atomic E-state index is 12.4. The average Bonchev–Trinajstić information content (AvgIpc) is 2.38. The molecule has 20 heavy (non-hydrogen) atoms. The summed E-state index contributed by atoms with van der Waals surface area (Å²) in [6.45, 7) is 2.71. The van der Waals surface area contributed by atoms with Crippen LogP contribution in [-0.4, -0.2) is 52.8 Å². The van der Waals surface area contributed by atoms with Gasteiger partial charge in [-0.2, -0.15) is 0 Å². The van der Waals surface area contributed by atoms with Gasteiger partial charge in [0.05, 0.1) is 31.2 Å². The smallest absolute Gasteiger partial charge is 0.305 e. The lowest BCUT2D eigenvalue weighted by atomic mass is 10.1. The molecular weight excluding hydrogens is 262 g/mol. The van der Waals surface area contributed by atoms with E-state index in [1.807, 2.05) is 6.92 Å². The molecule has 1 unspecified atom stereocenters. The van der Waals surface area contributed by atoms with E-state index in [1.165, 1.54) is 11.0 Å². The first-order chi connectivity index (χ1) is 9.49. The van der Waals surface area contributed by atoms with E-state index in [0.29, 0.717) is 13.2 Å². The molecule has 6 heteroatoms. The zero-order chi connectivity index (χ0) is 14.7. The fraction of sp³-hybridized carbons (Fsp3) is 0.429. The fourth-order valence-corrected chi connectivity index (χ4v) is 2.27. The van der Waals surface area contributed by atoms with Gasteiger partial charge in [-0.05, 0) is 24.6 Å². The van der Waals surface area contributed by atoms with Gasteiger partial charge >= 0.3 is 5.97 Å². The standard InChI is InChI=1S/C14H17NO5/c1-9-2-3-11(12(16)6-9)14(19)15-4-5-20-8-10(15)7-13(17)18/h2-3,6,10,16H,4-5,7-8H2,1H3,(H,17,18). The molecular formula is C14H17NO5. The largest absolute Gasteiger partial charge is 0.507 e. The molecule has 1 aromatic rings. The SMILES string of the molecule is Cc1ccc(C(=O)N2CCOCC2CC(=O)O)c(O)c1. The molecule has 1 atom stereocenters. The Morgan fingerprint density at radius 1 is 1.45 bits per heavy atom. The van der Waals surface area contributed by atoms with Crippen molar-refractivity contribution in [2.24, 2.45) is 0 Å². The van der Waals surface area contributed by atoms with Gasteiger partial charge in [0.25, 0.3) is 5.91 Å². The molecule has 0 bridgehead atoms. The topological polar surface area (TPSA) is 87.1 Å². The third kappa shape index (κ3) is 3.08. The van der Waals surface area contributed by atoms with Crippen molar-refractivity contribution in [3.8, 4) is 5.75 Å². The number of carbonyl (C=O) groups excluding carboxylic acids is 1. The van der Waals surface area contributed by atoms with Gasteiger partial charge < -0.3 is 19.8 Å². The number of hydrogen-bond acceptors (Lipinski definition) is 4. The maximum Gasteiger partial charge on any atom is 0.305 e. The third-order valence-corrected chi connectivity index (χ3v) is 3.28. The molecule has 1 aliphatic rings. The summed E-state index contributed by atoms with van der Waals surface area (Å²) in [6, 6.07) is 4.30. The van der Waals surface area contributed by atoms with Crippen molar-refractivity contribution in [2.45, 2.75) is 19.4 Å². The quantitative estimate of drug-likeness (QED) is 0.862. The second-order valence-corrected chi connectivity index (χ2v) is 4.85. The van der Waals surface area contributed by atoms with Crippen molar-refractivity contribution in [1.82, 2.24) is 4.90 Å². The summed E-state index contributed by atoms with van der Waals surface area (Å²) in [7, 11) is 0. The first-order valence-electron chi connectivity index (χ1n) is 6.39. The van der Waals surface area contributed by atoms with Crippen LogP contribution in [0.15, 0.2) is 18.2 Å². The molecule has 6 nitrogen and oxygen atoms in total. The number of hydrogen-bond donors (Lipinski definition) is 2. The third-order valence-electron chi connectivity index (χ3n) is 3.28. The van der Waals surface area contributed by atoms with Gasteiger partial charge in [-0.15, -0.1) is 0 Å². The number of aliphatic carboxylic acids is 1. The lowest BCUT2D eigenvalue weighted by Gasteiger charge is -2.35. The molecule has 1 fully saturated rings. The predicted octanol–water partition coefficient (Wildman–Crippen LogP) is 1.02. The lowest BCUT2D eigenvalue weighted by molar-refractivity contribution is -0.139. The molecule has 0 aromatic heterocycles. The number of benzene rings is 1. The molecule has 1 heterocycles. The van der Waals surface area contributed by atoms with Gasteiger partial charge in [0.2, 0.25) is 0 Å². The van der Waals surface area contributed by atoms with Crippen molar-refractivity contribution in [3.05, 3.63) is 29.3 Å². The number of carboxylic acid groups (broad SMARTS) is 1. The Morgan fingerprint density at radius 2 is 2.20 bits per heavy atom. The highest BCUT2D eigenvalue weighted by Crippen LogP contribution is 2.23. The summed E-state index contributed by atoms with van der Waals surface area (Å²) in [5, 5.41) is 18.7. The Hall–Kier alpha value is -2.08. The van der Waals surface area contributed by atoms with Crippen molar-refractivity contribution in [1.29, 1.82) is 0 Å². The van der Waals surface area contributed by atoms with E-state index in [-0.39, 0.29) is 30.2 Å². The Bertz CT molecular complexity index is 528.